The van der Waals surface area contributed by atoms with Gasteiger partial charge in [0.2, 0.25) is 0 Å². The number of nitrogens with zero attached hydrogens (tertiary/aromatic N) is 2. The van der Waals surface area contributed by atoms with Crippen LogP contribution in [0.4, 0.5) is 0 Å². The second kappa shape index (κ2) is 8.31. The van der Waals surface area contributed by atoms with Crippen molar-refractivity contribution < 1.29 is 9.53 Å². The standard InChI is InChI=1S/C22H20ClN3O2/c23-19-6-7-20-17(13-19)12-18(15-28-20)22(27)25-9-8-21-24-10-11-26(21)14-16-4-2-1-3-5-16/h1-7,10-13H,8-9,14-15H2,(H,25,27). The number of hydrogen-bond acceptors (Lipinski definition) is 3. The topological polar surface area (TPSA) is 56.2 Å². The third-order valence-corrected chi connectivity index (χ3v) is 4.84. The Kier molecular flexibility index (Phi) is 5.44. The number of hydrogen-bond donors (Lipinski definition) is 1. The molecule has 28 heavy (non-hydrogen) atoms. The monoisotopic (exact) mass is 393 g/mol. The Morgan fingerprint density at radius 1 is 1.21 bits per heavy atom. The number of benzene rings is 2. The first-order chi connectivity index (χ1) is 13.7. The van der Waals surface area contributed by atoms with Crippen LogP contribution in [0, 0.1) is 0 Å². The lowest BCUT2D eigenvalue weighted by atomic mass is 10.1. The molecule has 2 heterocycles. The van der Waals surface area contributed by atoms with Gasteiger partial charge in [-0.15, -0.1) is 0 Å². The molecule has 0 aliphatic carbocycles. The highest BCUT2D eigenvalue weighted by Crippen LogP contribution is 2.28. The zero-order valence-electron chi connectivity index (χ0n) is 15.3. The first kappa shape index (κ1) is 18.3. The number of imidazole rings is 1. The van der Waals surface area contributed by atoms with Crippen LogP contribution in [0.2, 0.25) is 5.02 Å². The molecule has 1 aromatic heterocycles. The van der Waals surface area contributed by atoms with E-state index in [2.05, 4.69) is 27.0 Å². The molecule has 0 saturated heterocycles. The van der Waals surface area contributed by atoms with Crippen molar-refractivity contribution in [2.75, 3.05) is 13.2 Å². The Bertz CT molecular complexity index is 1010. The van der Waals surface area contributed by atoms with Gasteiger partial charge in [0.1, 0.15) is 18.2 Å². The van der Waals surface area contributed by atoms with E-state index in [-0.39, 0.29) is 12.5 Å². The van der Waals surface area contributed by atoms with E-state index in [1.165, 1.54) is 5.56 Å². The fourth-order valence-corrected chi connectivity index (χ4v) is 3.35. The number of ether oxygens (including phenoxy) is 1. The highest BCUT2D eigenvalue weighted by Gasteiger charge is 2.17. The van der Waals surface area contributed by atoms with Gasteiger partial charge in [0, 0.05) is 42.5 Å². The predicted molar refractivity (Wildman–Crippen MR) is 109 cm³/mol. The van der Waals surface area contributed by atoms with Crippen LogP contribution in [0.25, 0.3) is 6.08 Å². The van der Waals surface area contributed by atoms with Crippen molar-refractivity contribution in [1.82, 2.24) is 14.9 Å². The summed E-state index contributed by atoms with van der Waals surface area (Å²) in [5, 5.41) is 3.57. The first-order valence-corrected chi connectivity index (χ1v) is 9.52. The Labute approximate surface area is 168 Å². The van der Waals surface area contributed by atoms with Gasteiger partial charge in [-0.2, -0.15) is 0 Å². The van der Waals surface area contributed by atoms with Gasteiger partial charge in [-0.25, -0.2) is 4.98 Å². The summed E-state index contributed by atoms with van der Waals surface area (Å²) in [4.78, 5) is 16.9. The largest absolute Gasteiger partial charge is 0.488 e. The summed E-state index contributed by atoms with van der Waals surface area (Å²) in [6.07, 6.45) is 6.24. The summed E-state index contributed by atoms with van der Waals surface area (Å²) in [5.41, 5.74) is 2.62. The Hall–Kier alpha value is -3.05. The van der Waals surface area contributed by atoms with Crippen molar-refractivity contribution in [2.45, 2.75) is 13.0 Å². The summed E-state index contributed by atoms with van der Waals surface area (Å²) in [6, 6.07) is 15.6. The van der Waals surface area contributed by atoms with Gasteiger partial charge in [0.25, 0.3) is 5.91 Å². The van der Waals surface area contributed by atoms with Crippen LogP contribution in [0.15, 0.2) is 66.5 Å². The van der Waals surface area contributed by atoms with E-state index >= 15 is 0 Å². The molecule has 0 bridgehead atoms. The number of carbonyl (C=O) groups is 1. The molecule has 1 aliphatic rings. The molecular weight excluding hydrogens is 374 g/mol. The van der Waals surface area contributed by atoms with Gasteiger partial charge in [-0.3, -0.25) is 4.79 Å². The molecule has 0 radical (unpaired) electrons. The van der Waals surface area contributed by atoms with Crippen LogP contribution in [0.5, 0.6) is 5.75 Å². The summed E-state index contributed by atoms with van der Waals surface area (Å²) < 4.78 is 7.75. The van der Waals surface area contributed by atoms with Gasteiger partial charge in [-0.1, -0.05) is 41.9 Å². The summed E-state index contributed by atoms with van der Waals surface area (Å²) in [7, 11) is 0. The summed E-state index contributed by atoms with van der Waals surface area (Å²) in [6.45, 7) is 1.52. The molecule has 1 aliphatic heterocycles. The van der Waals surface area contributed by atoms with Crippen molar-refractivity contribution in [3.63, 3.8) is 0 Å². The fraction of sp³-hybridized carbons (Fsp3) is 0.182. The van der Waals surface area contributed by atoms with Crippen LogP contribution >= 0.6 is 11.6 Å². The van der Waals surface area contributed by atoms with Crippen LogP contribution in [-0.2, 0) is 17.8 Å². The molecule has 142 valence electrons. The maximum atomic E-state index is 12.5. The third kappa shape index (κ3) is 4.26. The van der Waals surface area contributed by atoms with E-state index in [0.29, 0.717) is 23.6 Å². The minimum absolute atomic E-state index is 0.133. The summed E-state index contributed by atoms with van der Waals surface area (Å²) >= 11 is 6.02. The van der Waals surface area contributed by atoms with E-state index in [1.807, 2.05) is 36.5 Å². The Morgan fingerprint density at radius 2 is 2.07 bits per heavy atom. The van der Waals surface area contributed by atoms with Gasteiger partial charge < -0.3 is 14.6 Å². The van der Waals surface area contributed by atoms with E-state index in [0.717, 1.165) is 23.7 Å². The maximum Gasteiger partial charge on any atom is 0.250 e. The lowest BCUT2D eigenvalue weighted by Gasteiger charge is -2.18. The molecular formula is C22H20ClN3O2. The maximum absolute atomic E-state index is 12.5. The SMILES string of the molecule is O=C(NCCc1nccn1Cc1ccccc1)C1=Cc2cc(Cl)ccc2OC1. The molecule has 1 amide bonds. The minimum atomic E-state index is -0.133. The lowest BCUT2D eigenvalue weighted by molar-refractivity contribution is -0.117. The lowest BCUT2D eigenvalue weighted by Crippen LogP contribution is -2.30. The number of fused-ring (bicyclic) bond motifs is 1. The molecule has 4 rings (SSSR count). The van der Waals surface area contributed by atoms with Gasteiger partial charge in [-0.05, 0) is 29.8 Å². The first-order valence-electron chi connectivity index (χ1n) is 9.14. The molecule has 3 aromatic rings. The molecule has 0 saturated carbocycles. The molecule has 0 atom stereocenters. The van der Waals surface area contributed by atoms with Crippen LogP contribution in [-0.4, -0.2) is 28.6 Å². The van der Waals surface area contributed by atoms with E-state index < -0.39 is 0 Å². The zero-order valence-corrected chi connectivity index (χ0v) is 16.0. The van der Waals surface area contributed by atoms with Crippen LogP contribution in [0.3, 0.4) is 0 Å². The van der Waals surface area contributed by atoms with E-state index in [1.54, 1.807) is 18.3 Å². The Balaban J connectivity index is 1.35. The normalized spacial score (nSPS) is 12.7. The number of carbonyl (C=O) groups excluding carboxylic acids is 1. The molecule has 0 fully saturated rings. The summed E-state index contributed by atoms with van der Waals surface area (Å²) in [5.74, 6) is 1.55. The number of halogens is 1. The predicted octanol–water partition coefficient (Wildman–Crippen LogP) is 3.72. The van der Waals surface area contributed by atoms with Crippen molar-refractivity contribution in [2.24, 2.45) is 0 Å². The van der Waals surface area contributed by atoms with Crippen molar-refractivity contribution in [1.29, 1.82) is 0 Å². The Morgan fingerprint density at radius 3 is 2.93 bits per heavy atom. The molecule has 0 spiro atoms. The van der Waals surface area contributed by atoms with E-state index in [9.17, 15) is 4.79 Å². The second-order valence-corrected chi connectivity index (χ2v) is 7.04. The van der Waals surface area contributed by atoms with E-state index in [4.69, 9.17) is 16.3 Å². The van der Waals surface area contributed by atoms with Crippen molar-refractivity contribution >= 4 is 23.6 Å². The van der Waals surface area contributed by atoms with Gasteiger partial charge in [0.05, 0.1) is 5.57 Å². The molecule has 6 heteroatoms. The van der Waals surface area contributed by atoms with Crippen LogP contribution < -0.4 is 10.1 Å². The smallest absolute Gasteiger partial charge is 0.250 e. The quantitative estimate of drug-likeness (QED) is 0.694. The average molecular weight is 394 g/mol. The molecule has 0 unspecified atom stereocenters. The fourth-order valence-electron chi connectivity index (χ4n) is 3.17. The minimum Gasteiger partial charge on any atom is -0.488 e. The van der Waals surface area contributed by atoms with Crippen molar-refractivity contribution in [3.05, 3.63) is 88.5 Å². The number of nitrogens with one attached hydrogen (secondary N) is 1. The number of rotatable bonds is 6. The molecule has 1 N–H and O–H groups in total. The average Bonchev–Trinajstić information content (AvgIpc) is 3.15. The molecule has 5 nitrogen and oxygen atoms in total. The highest BCUT2D eigenvalue weighted by molar-refractivity contribution is 6.30. The number of amides is 1. The van der Waals surface area contributed by atoms with Gasteiger partial charge >= 0.3 is 0 Å². The van der Waals surface area contributed by atoms with Gasteiger partial charge in [0.15, 0.2) is 0 Å². The van der Waals surface area contributed by atoms with Crippen LogP contribution in [0.1, 0.15) is 17.0 Å². The third-order valence-electron chi connectivity index (χ3n) is 4.61. The molecule has 2 aromatic carbocycles. The second-order valence-electron chi connectivity index (χ2n) is 6.60. The zero-order chi connectivity index (χ0) is 19.3. The number of aromatic nitrogens is 2. The van der Waals surface area contributed by atoms with Crippen molar-refractivity contribution in [3.8, 4) is 5.75 Å². The highest BCUT2D eigenvalue weighted by atomic mass is 35.5.